The first-order valence-electron chi connectivity index (χ1n) is 6.45. The molecule has 0 radical (unpaired) electrons. The molecule has 7 heteroatoms. The van der Waals surface area contributed by atoms with Gasteiger partial charge in [-0.3, -0.25) is 0 Å². The van der Waals surface area contributed by atoms with E-state index in [1.165, 1.54) is 0 Å². The van der Waals surface area contributed by atoms with E-state index >= 15 is 0 Å². The van der Waals surface area contributed by atoms with Crippen molar-refractivity contribution in [3.05, 3.63) is 0 Å². The Morgan fingerprint density at radius 2 is 1.89 bits per heavy atom. The fraction of sp³-hybridized carbons (Fsp3) is 0.833. The van der Waals surface area contributed by atoms with Crippen molar-refractivity contribution in [2.24, 2.45) is 0 Å². The van der Waals surface area contributed by atoms with Gasteiger partial charge in [0.05, 0.1) is 6.61 Å². The highest BCUT2D eigenvalue weighted by Crippen LogP contribution is 1.93. The number of amides is 2. The number of ether oxygens (including phenoxy) is 1. The molecule has 0 bridgehead atoms. The molecular weight excluding hydrogens is 250 g/mol. The molecule has 3 N–H and O–H groups in total. The SMILES string of the molecule is CC(C)N(C)CCCNC(=O)NCCOCC(=O)O. The van der Waals surface area contributed by atoms with Crippen molar-refractivity contribution < 1.29 is 19.4 Å². The van der Waals surface area contributed by atoms with Crippen molar-refractivity contribution >= 4 is 12.0 Å². The largest absolute Gasteiger partial charge is 0.480 e. The number of carbonyl (C=O) groups is 2. The van der Waals surface area contributed by atoms with Gasteiger partial charge in [-0.15, -0.1) is 0 Å². The second-order valence-electron chi connectivity index (χ2n) is 4.56. The fourth-order valence-electron chi connectivity index (χ4n) is 1.25. The van der Waals surface area contributed by atoms with Crippen LogP contribution in [0.25, 0.3) is 0 Å². The Kier molecular flexibility index (Phi) is 9.82. The molecule has 19 heavy (non-hydrogen) atoms. The summed E-state index contributed by atoms with van der Waals surface area (Å²) in [5.41, 5.74) is 0. The van der Waals surface area contributed by atoms with Crippen LogP contribution in [0.4, 0.5) is 4.79 Å². The smallest absolute Gasteiger partial charge is 0.329 e. The number of carboxylic acid groups (broad SMARTS) is 1. The van der Waals surface area contributed by atoms with E-state index in [0.29, 0.717) is 19.1 Å². The highest BCUT2D eigenvalue weighted by molar-refractivity contribution is 5.73. The van der Waals surface area contributed by atoms with Crippen LogP contribution in [-0.4, -0.2) is 67.9 Å². The van der Waals surface area contributed by atoms with Gasteiger partial charge < -0.3 is 25.4 Å². The summed E-state index contributed by atoms with van der Waals surface area (Å²) in [7, 11) is 2.05. The van der Waals surface area contributed by atoms with Crippen molar-refractivity contribution in [3.8, 4) is 0 Å². The van der Waals surface area contributed by atoms with Gasteiger partial charge in [-0.2, -0.15) is 0 Å². The number of nitrogens with zero attached hydrogens (tertiary/aromatic N) is 1. The summed E-state index contributed by atoms with van der Waals surface area (Å²) in [5.74, 6) is -1.02. The first-order valence-corrected chi connectivity index (χ1v) is 6.45. The number of carbonyl (C=O) groups excluding carboxylic acids is 1. The van der Waals surface area contributed by atoms with E-state index in [1.54, 1.807) is 0 Å². The minimum absolute atomic E-state index is 0.190. The minimum atomic E-state index is -1.02. The Bertz CT molecular complexity index is 272. The number of hydrogen-bond donors (Lipinski definition) is 3. The summed E-state index contributed by atoms with van der Waals surface area (Å²) < 4.78 is 4.78. The molecule has 0 aromatic heterocycles. The average molecular weight is 275 g/mol. The molecule has 0 rings (SSSR count). The van der Waals surface area contributed by atoms with Gasteiger partial charge in [-0.25, -0.2) is 9.59 Å². The van der Waals surface area contributed by atoms with Crippen molar-refractivity contribution in [2.75, 3.05) is 39.9 Å². The Morgan fingerprint density at radius 1 is 1.26 bits per heavy atom. The van der Waals surface area contributed by atoms with Gasteiger partial charge in [0.15, 0.2) is 0 Å². The number of hydrogen-bond acceptors (Lipinski definition) is 4. The fourth-order valence-corrected chi connectivity index (χ4v) is 1.25. The molecule has 0 heterocycles. The van der Waals surface area contributed by atoms with Gasteiger partial charge >= 0.3 is 12.0 Å². The Morgan fingerprint density at radius 3 is 2.47 bits per heavy atom. The van der Waals surface area contributed by atoms with Crippen molar-refractivity contribution in [1.82, 2.24) is 15.5 Å². The van der Waals surface area contributed by atoms with Crippen LogP contribution in [0.5, 0.6) is 0 Å². The zero-order valence-corrected chi connectivity index (χ0v) is 11.9. The molecule has 112 valence electrons. The lowest BCUT2D eigenvalue weighted by Crippen LogP contribution is -2.39. The standard InChI is InChI=1S/C12H25N3O4/c1-10(2)15(3)7-4-5-13-12(18)14-6-8-19-9-11(16)17/h10H,4-9H2,1-3H3,(H,16,17)(H2,13,14,18). The molecule has 0 aromatic carbocycles. The third kappa shape index (κ3) is 11.5. The van der Waals surface area contributed by atoms with Gasteiger partial charge in [0.2, 0.25) is 0 Å². The van der Waals surface area contributed by atoms with Crippen LogP contribution in [0.15, 0.2) is 0 Å². The average Bonchev–Trinajstić information content (AvgIpc) is 2.33. The van der Waals surface area contributed by atoms with Gasteiger partial charge in [0.25, 0.3) is 0 Å². The monoisotopic (exact) mass is 275 g/mol. The molecule has 0 aliphatic heterocycles. The molecule has 0 unspecified atom stereocenters. The Hall–Kier alpha value is -1.34. The number of carboxylic acids is 1. The van der Waals surface area contributed by atoms with Crippen LogP contribution >= 0.6 is 0 Å². The lowest BCUT2D eigenvalue weighted by atomic mass is 10.3. The van der Waals surface area contributed by atoms with E-state index in [0.717, 1.165) is 13.0 Å². The lowest BCUT2D eigenvalue weighted by Gasteiger charge is -2.20. The molecule has 0 saturated carbocycles. The summed E-state index contributed by atoms with van der Waals surface area (Å²) in [4.78, 5) is 23.7. The van der Waals surface area contributed by atoms with E-state index in [9.17, 15) is 9.59 Å². The third-order valence-corrected chi connectivity index (χ3v) is 2.61. The maximum Gasteiger partial charge on any atom is 0.329 e. The topological polar surface area (TPSA) is 90.9 Å². The van der Waals surface area contributed by atoms with Gasteiger partial charge in [0, 0.05) is 19.1 Å². The molecule has 0 fully saturated rings. The molecule has 0 atom stereocenters. The summed E-state index contributed by atoms with van der Waals surface area (Å²) in [6.07, 6.45) is 0.887. The quantitative estimate of drug-likeness (QED) is 0.493. The Balaban J connectivity index is 3.37. The predicted molar refractivity (Wildman–Crippen MR) is 72.2 cm³/mol. The maximum absolute atomic E-state index is 11.3. The van der Waals surface area contributed by atoms with Crippen LogP contribution in [0, 0.1) is 0 Å². The van der Waals surface area contributed by atoms with E-state index < -0.39 is 5.97 Å². The van der Waals surface area contributed by atoms with Gasteiger partial charge in [-0.05, 0) is 33.9 Å². The van der Waals surface area contributed by atoms with Crippen LogP contribution in [0.3, 0.4) is 0 Å². The van der Waals surface area contributed by atoms with Gasteiger partial charge in [-0.1, -0.05) is 0 Å². The molecule has 0 aliphatic carbocycles. The summed E-state index contributed by atoms with van der Waals surface area (Å²) >= 11 is 0. The first kappa shape index (κ1) is 17.7. The number of nitrogens with one attached hydrogen (secondary N) is 2. The molecule has 0 aromatic rings. The number of aliphatic carboxylic acids is 1. The zero-order chi connectivity index (χ0) is 14.7. The molecular formula is C12H25N3O4. The van der Waals surface area contributed by atoms with E-state index in [2.05, 4.69) is 29.4 Å². The van der Waals surface area contributed by atoms with Gasteiger partial charge in [0.1, 0.15) is 6.61 Å². The molecule has 0 saturated heterocycles. The Labute approximate surface area is 114 Å². The first-order chi connectivity index (χ1) is 8.93. The lowest BCUT2D eigenvalue weighted by molar-refractivity contribution is -0.142. The van der Waals surface area contributed by atoms with E-state index in [1.807, 2.05) is 7.05 Å². The van der Waals surface area contributed by atoms with E-state index in [4.69, 9.17) is 9.84 Å². The zero-order valence-electron chi connectivity index (χ0n) is 11.9. The van der Waals surface area contributed by atoms with Crippen LogP contribution in [0.2, 0.25) is 0 Å². The van der Waals surface area contributed by atoms with E-state index in [-0.39, 0.29) is 19.2 Å². The van der Waals surface area contributed by atoms with Crippen LogP contribution in [0.1, 0.15) is 20.3 Å². The highest BCUT2D eigenvalue weighted by atomic mass is 16.5. The summed E-state index contributed by atoms with van der Waals surface area (Å²) in [5, 5.41) is 13.6. The van der Waals surface area contributed by atoms with Crippen molar-refractivity contribution in [2.45, 2.75) is 26.3 Å². The predicted octanol–water partition coefficient (Wildman–Crippen LogP) is 0.117. The molecule has 0 spiro atoms. The van der Waals surface area contributed by atoms with Crippen molar-refractivity contribution in [1.29, 1.82) is 0 Å². The van der Waals surface area contributed by atoms with Crippen LogP contribution < -0.4 is 10.6 Å². The highest BCUT2D eigenvalue weighted by Gasteiger charge is 2.03. The van der Waals surface area contributed by atoms with Crippen LogP contribution in [-0.2, 0) is 9.53 Å². The maximum atomic E-state index is 11.3. The third-order valence-electron chi connectivity index (χ3n) is 2.61. The summed E-state index contributed by atoms with van der Waals surface area (Å²) in [6.45, 7) is 5.93. The minimum Gasteiger partial charge on any atom is -0.480 e. The normalized spacial score (nSPS) is 10.8. The number of rotatable bonds is 10. The van der Waals surface area contributed by atoms with Crippen molar-refractivity contribution in [3.63, 3.8) is 0 Å². The molecule has 2 amide bonds. The number of urea groups is 1. The summed E-state index contributed by atoms with van der Waals surface area (Å²) in [6, 6.07) is 0.242. The molecule has 7 nitrogen and oxygen atoms in total. The second-order valence-corrected chi connectivity index (χ2v) is 4.56. The second kappa shape index (κ2) is 10.6. The molecule has 0 aliphatic rings.